The Labute approximate surface area is 212 Å². The van der Waals surface area contributed by atoms with Crippen molar-refractivity contribution in [1.29, 1.82) is 0 Å². The van der Waals surface area contributed by atoms with Crippen molar-refractivity contribution in [1.82, 2.24) is 29.6 Å². The summed E-state index contributed by atoms with van der Waals surface area (Å²) in [7, 11) is 0. The molecule has 2 amide bonds. The fraction of sp³-hybridized carbons (Fsp3) is 0.308. The Hall–Kier alpha value is -3.92. The van der Waals surface area contributed by atoms with Gasteiger partial charge >= 0.3 is 0 Å². The number of piperidine rings is 1. The molecule has 0 spiro atoms. The van der Waals surface area contributed by atoms with Gasteiger partial charge in [-0.25, -0.2) is 4.98 Å². The maximum absolute atomic E-state index is 12.9. The second-order valence-electron chi connectivity index (χ2n) is 9.10. The molecule has 1 fully saturated rings. The second kappa shape index (κ2) is 9.27. The van der Waals surface area contributed by atoms with Crippen molar-refractivity contribution < 1.29 is 9.59 Å². The lowest BCUT2D eigenvalue weighted by atomic mass is 9.95. The van der Waals surface area contributed by atoms with Gasteiger partial charge in [-0.3, -0.25) is 24.2 Å². The zero-order valence-electron chi connectivity index (χ0n) is 19.8. The molecule has 2 aliphatic rings. The van der Waals surface area contributed by atoms with Crippen molar-refractivity contribution in [3.05, 3.63) is 65.9 Å². The van der Waals surface area contributed by atoms with Gasteiger partial charge in [0.2, 0.25) is 5.91 Å². The number of fused-ring (bicyclic) bond motifs is 3. The number of aromatic nitrogens is 5. The van der Waals surface area contributed by atoms with E-state index in [1.807, 2.05) is 23.2 Å². The third kappa shape index (κ3) is 4.07. The Balaban J connectivity index is 1.35. The van der Waals surface area contributed by atoms with Gasteiger partial charge in [0.1, 0.15) is 0 Å². The maximum atomic E-state index is 12.9. The fourth-order valence-corrected chi connectivity index (χ4v) is 6.21. The van der Waals surface area contributed by atoms with Crippen LogP contribution in [-0.2, 0) is 17.6 Å². The smallest absolute Gasteiger partial charge is 0.253 e. The first-order chi connectivity index (χ1) is 17.6. The molecule has 0 atom stereocenters. The van der Waals surface area contributed by atoms with E-state index in [4.69, 9.17) is 10.1 Å². The third-order valence-electron chi connectivity index (χ3n) is 6.78. The number of amides is 2. The Morgan fingerprint density at radius 2 is 1.86 bits per heavy atom. The van der Waals surface area contributed by atoms with Crippen LogP contribution >= 0.6 is 11.3 Å². The molecule has 5 heterocycles. The molecule has 0 saturated carbocycles. The molecular weight excluding hydrogens is 474 g/mol. The highest BCUT2D eigenvalue weighted by atomic mass is 32.1. The molecule has 0 radical (unpaired) electrons. The summed E-state index contributed by atoms with van der Waals surface area (Å²) in [5, 5.41) is 8.60. The van der Waals surface area contributed by atoms with Crippen molar-refractivity contribution in [3.63, 3.8) is 0 Å². The zero-order valence-corrected chi connectivity index (χ0v) is 20.7. The first-order valence-corrected chi connectivity index (χ1v) is 12.9. The van der Waals surface area contributed by atoms with Crippen molar-refractivity contribution in [2.75, 3.05) is 18.4 Å². The predicted octanol–water partition coefficient (Wildman–Crippen LogP) is 4.00. The lowest BCUT2D eigenvalue weighted by molar-refractivity contribution is -0.114. The van der Waals surface area contributed by atoms with Crippen LogP contribution in [0.3, 0.4) is 0 Å². The highest BCUT2D eigenvalue weighted by molar-refractivity contribution is 7.19. The molecule has 1 aliphatic heterocycles. The molecule has 9 nitrogen and oxygen atoms in total. The van der Waals surface area contributed by atoms with Crippen LogP contribution in [0.15, 0.2) is 49.1 Å². The Kier molecular flexibility index (Phi) is 5.80. The average molecular weight is 500 g/mol. The highest BCUT2D eigenvalue weighted by Crippen LogP contribution is 2.45. The van der Waals surface area contributed by atoms with E-state index in [0.29, 0.717) is 23.8 Å². The first kappa shape index (κ1) is 22.5. The molecule has 6 rings (SSSR count). The minimum absolute atomic E-state index is 0.0408. The van der Waals surface area contributed by atoms with E-state index in [9.17, 15) is 9.59 Å². The number of carbonyl (C=O) groups excluding carboxylic acids is 2. The van der Waals surface area contributed by atoms with E-state index in [2.05, 4.69) is 20.0 Å². The number of rotatable bonds is 4. The van der Waals surface area contributed by atoms with E-state index in [1.54, 1.807) is 30.7 Å². The number of aryl methyl sites for hydroxylation is 1. The third-order valence-corrected chi connectivity index (χ3v) is 7.80. The van der Waals surface area contributed by atoms with Gasteiger partial charge in [0.25, 0.3) is 5.91 Å². The van der Waals surface area contributed by atoms with Crippen LogP contribution in [0.2, 0.25) is 0 Å². The Morgan fingerprint density at radius 1 is 1.06 bits per heavy atom. The SMILES string of the molecule is CC(=O)Nc1nc2c(s1)-c1c(c(-c3cccnc3)nn1C1CCN(C(=O)c3ccncc3)CC1)CC2. The molecule has 182 valence electrons. The summed E-state index contributed by atoms with van der Waals surface area (Å²) in [6.45, 7) is 2.82. The number of pyridine rings is 2. The van der Waals surface area contributed by atoms with Gasteiger partial charge in [-0.2, -0.15) is 5.10 Å². The quantitative estimate of drug-likeness (QED) is 0.455. The number of likely N-dealkylation sites (tertiary alicyclic amines) is 1. The van der Waals surface area contributed by atoms with Crippen molar-refractivity contribution in [2.24, 2.45) is 0 Å². The number of anilines is 1. The number of nitrogens with zero attached hydrogens (tertiary/aromatic N) is 6. The molecule has 36 heavy (non-hydrogen) atoms. The van der Waals surface area contributed by atoms with Crippen LogP contribution < -0.4 is 5.32 Å². The summed E-state index contributed by atoms with van der Waals surface area (Å²) in [6, 6.07) is 7.65. The highest BCUT2D eigenvalue weighted by Gasteiger charge is 2.33. The number of nitrogens with one attached hydrogen (secondary N) is 1. The molecular formula is C26H25N7O2S. The molecule has 1 saturated heterocycles. The Morgan fingerprint density at radius 3 is 2.58 bits per heavy atom. The number of thiazole rings is 1. The molecule has 0 bridgehead atoms. The standard InChI is InChI=1S/C26H25N7O2S/c1-16(34)29-26-30-21-5-4-20-22(18-3-2-10-28-15-18)31-33(23(20)24(21)36-26)19-8-13-32(14-9-19)25(35)17-6-11-27-12-7-17/h2-3,6-7,10-12,15,19H,4-5,8-9,13-14H2,1H3,(H,29,30,34). The number of hydrogen-bond acceptors (Lipinski definition) is 7. The van der Waals surface area contributed by atoms with Gasteiger partial charge in [0.15, 0.2) is 5.13 Å². The molecule has 4 aromatic heterocycles. The zero-order chi connectivity index (χ0) is 24.6. The number of carbonyl (C=O) groups is 2. The fourth-order valence-electron chi connectivity index (χ4n) is 5.09. The van der Waals surface area contributed by atoms with Gasteiger partial charge in [0.05, 0.1) is 28.0 Å². The maximum Gasteiger partial charge on any atom is 0.253 e. The van der Waals surface area contributed by atoms with Gasteiger partial charge < -0.3 is 10.2 Å². The molecule has 1 N–H and O–H groups in total. The van der Waals surface area contributed by atoms with Crippen LogP contribution in [0.1, 0.15) is 47.4 Å². The van der Waals surface area contributed by atoms with E-state index in [1.165, 1.54) is 23.8 Å². The average Bonchev–Trinajstić information content (AvgIpc) is 3.50. The molecule has 1 aliphatic carbocycles. The van der Waals surface area contributed by atoms with Gasteiger partial charge in [-0.15, -0.1) is 0 Å². The molecule has 10 heteroatoms. The first-order valence-electron chi connectivity index (χ1n) is 12.1. The summed E-state index contributed by atoms with van der Waals surface area (Å²) in [5.74, 6) is -0.0869. The predicted molar refractivity (Wildman–Crippen MR) is 137 cm³/mol. The molecule has 0 unspecified atom stereocenters. The van der Waals surface area contributed by atoms with E-state index in [0.717, 1.165) is 53.2 Å². The molecule has 4 aromatic rings. The summed E-state index contributed by atoms with van der Waals surface area (Å²) in [4.78, 5) is 40.6. The van der Waals surface area contributed by atoms with Crippen LogP contribution in [0.4, 0.5) is 5.13 Å². The summed E-state index contributed by atoms with van der Waals surface area (Å²) < 4.78 is 2.15. The van der Waals surface area contributed by atoms with Crippen LogP contribution in [-0.4, -0.2) is 54.5 Å². The second-order valence-corrected chi connectivity index (χ2v) is 10.1. The minimum atomic E-state index is -0.128. The summed E-state index contributed by atoms with van der Waals surface area (Å²) >= 11 is 1.51. The summed E-state index contributed by atoms with van der Waals surface area (Å²) in [6.07, 6.45) is 10.2. The lowest BCUT2D eigenvalue weighted by Crippen LogP contribution is -2.39. The van der Waals surface area contributed by atoms with Gasteiger partial charge in [0, 0.05) is 61.5 Å². The largest absolute Gasteiger partial charge is 0.338 e. The minimum Gasteiger partial charge on any atom is -0.338 e. The topological polar surface area (TPSA) is 106 Å². The van der Waals surface area contributed by atoms with Crippen LogP contribution in [0.5, 0.6) is 0 Å². The molecule has 0 aromatic carbocycles. The van der Waals surface area contributed by atoms with Crippen molar-refractivity contribution in [3.8, 4) is 21.8 Å². The normalized spacial score (nSPS) is 15.3. The van der Waals surface area contributed by atoms with Gasteiger partial charge in [-0.05, 0) is 49.9 Å². The monoisotopic (exact) mass is 499 g/mol. The van der Waals surface area contributed by atoms with E-state index < -0.39 is 0 Å². The van der Waals surface area contributed by atoms with Crippen LogP contribution in [0.25, 0.3) is 21.8 Å². The lowest BCUT2D eigenvalue weighted by Gasteiger charge is -2.33. The Bertz CT molecular complexity index is 1420. The summed E-state index contributed by atoms with van der Waals surface area (Å²) in [5.41, 5.74) is 5.90. The van der Waals surface area contributed by atoms with Crippen molar-refractivity contribution >= 4 is 28.3 Å². The van der Waals surface area contributed by atoms with Crippen LogP contribution in [0, 0.1) is 0 Å². The van der Waals surface area contributed by atoms with E-state index in [-0.39, 0.29) is 17.9 Å². The van der Waals surface area contributed by atoms with Crippen molar-refractivity contribution in [2.45, 2.75) is 38.6 Å². The van der Waals surface area contributed by atoms with E-state index >= 15 is 0 Å². The number of hydrogen-bond donors (Lipinski definition) is 1. The van der Waals surface area contributed by atoms with Gasteiger partial charge in [-0.1, -0.05) is 11.3 Å².